The number of fused-ring (bicyclic) bond motifs is 2. The van der Waals surface area contributed by atoms with Gasteiger partial charge in [0.05, 0.1) is 23.2 Å². The van der Waals surface area contributed by atoms with Crippen LogP contribution in [0.25, 0.3) is 11.1 Å². The molecule has 1 fully saturated rings. The second-order valence-corrected chi connectivity index (χ2v) is 6.95. The van der Waals surface area contributed by atoms with Crippen LogP contribution in [0.2, 0.25) is 0 Å². The molecule has 140 valence electrons. The first-order chi connectivity index (χ1) is 13.2. The third-order valence-electron chi connectivity index (χ3n) is 5.14. The summed E-state index contributed by atoms with van der Waals surface area (Å²) in [5, 5.41) is 11.5. The summed E-state index contributed by atoms with van der Waals surface area (Å²) in [6.45, 7) is 2.71. The fraction of sp³-hybridized carbons (Fsp3) is 0.500. The standard InChI is InChI=1S/C18H19N5O4/c1-9-14-15(10-4-2-5-11(10)20-18(14)27-22-9)16(24)19-8-13-21-17(26-23-13)12-6-3-7-25-12/h12H,2-8H2,1H3,(H,19,24)/t12-/m0/s1. The molecular weight excluding hydrogens is 350 g/mol. The van der Waals surface area contributed by atoms with Gasteiger partial charge in [-0.2, -0.15) is 4.98 Å². The van der Waals surface area contributed by atoms with Crippen LogP contribution in [0.3, 0.4) is 0 Å². The van der Waals surface area contributed by atoms with Gasteiger partial charge in [0.1, 0.15) is 6.10 Å². The van der Waals surface area contributed by atoms with Gasteiger partial charge in [0.15, 0.2) is 5.82 Å². The smallest absolute Gasteiger partial charge is 0.259 e. The molecule has 0 aromatic carbocycles. The van der Waals surface area contributed by atoms with E-state index < -0.39 is 0 Å². The summed E-state index contributed by atoms with van der Waals surface area (Å²) >= 11 is 0. The van der Waals surface area contributed by atoms with Crippen LogP contribution >= 0.6 is 0 Å². The van der Waals surface area contributed by atoms with Crippen LogP contribution in [0.1, 0.15) is 64.4 Å². The third kappa shape index (κ3) is 2.78. The van der Waals surface area contributed by atoms with E-state index >= 15 is 0 Å². The zero-order chi connectivity index (χ0) is 18.4. The van der Waals surface area contributed by atoms with Crippen molar-refractivity contribution in [3.63, 3.8) is 0 Å². The van der Waals surface area contributed by atoms with E-state index in [1.54, 1.807) is 0 Å². The summed E-state index contributed by atoms with van der Waals surface area (Å²) in [6.07, 6.45) is 4.39. The molecule has 1 saturated heterocycles. The average Bonchev–Trinajstić information content (AvgIpc) is 3.44. The number of aromatic nitrogens is 4. The van der Waals surface area contributed by atoms with Crippen molar-refractivity contribution >= 4 is 17.0 Å². The minimum absolute atomic E-state index is 0.135. The normalized spacial score (nSPS) is 18.9. The fourth-order valence-corrected chi connectivity index (χ4v) is 3.86. The average molecular weight is 369 g/mol. The van der Waals surface area contributed by atoms with Gasteiger partial charge in [-0.15, -0.1) is 0 Å². The van der Waals surface area contributed by atoms with Gasteiger partial charge in [-0.1, -0.05) is 10.3 Å². The van der Waals surface area contributed by atoms with Crippen molar-refractivity contribution in [2.45, 2.75) is 51.7 Å². The predicted octanol–water partition coefficient (Wildman–Crippen LogP) is 2.18. The molecule has 1 amide bonds. The van der Waals surface area contributed by atoms with E-state index in [1.165, 1.54) is 0 Å². The molecule has 0 radical (unpaired) electrons. The van der Waals surface area contributed by atoms with Crippen LogP contribution in [0.4, 0.5) is 0 Å². The van der Waals surface area contributed by atoms with Crippen LogP contribution in [0.5, 0.6) is 0 Å². The monoisotopic (exact) mass is 369 g/mol. The Morgan fingerprint density at radius 1 is 1.19 bits per heavy atom. The second-order valence-electron chi connectivity index (χ2n) is 6.95. The van der Waals surface area contributed by atoms with Crippen molar-refractivity contribution in [2.24, 2.45) is 0 Å². The van der Waals surface area contributed by atoms with Crippen molar-refractivity contribution in [3.05, 3.63) is 34.2 Å². The Morgan fingerprint density at radius 3 is 2.96 bits per heavy atom. The first-order valence-electron chi connectivity index (χ1n) is 9.20. The summed E-state index contributed by atoms with van der Waals surface area (Å²) in [5.74, 6) is 0.701. The maximum absolute atomic E-state index is 13.0. The maximum Gasteiger partial charge on any atom is 0.259 e. The second kappa shape index (κ2) is 6.41. The molecule has 5 rings (SSSR count). The van der Waals surface area contributed by atoms with Gasteiger partial charge < -0.3 is 19.1 Å². The molecule has 0 spiro atoms. The number of nitrogens with zero attached hydrogens (tertiary/aromatic N) is 4. The number of carbonyl (C=O) groups excluding carboxylic acids is 1. The molecule has 0 unspecified atom stereocenters. The molecule has 4 heterocycles. The third-order valence-corrected chi connectivity index (χ3v) is 5.14. The molecule has 27 heavy (non-hydrogen) atoms. The molecule has 3 aromatic rings. The highest BCUT2D eigenvalue weighted by Gasteiger charge is 2.28. The van der Waals surface area contributed by atoms with Gasteiger partial charge in [0.2, 0.25) is 0 Å². The number of amides is 1. The fourth-order valence-electron chi connectivity index (χ4n) is 3.86. The van der Waals surface area contributed by atoms with E-state index in [2.05, 4.69) is 25.6 Å². The SMILES string of the molecule is Cc1noc2nc3c(c(C(=O)NCc4noc([C@@H]5CCCO5)n4)c12)CCC3. The first kappa shape index (κ1) is 16.4. The number of carbonyl (C=O) groups is 1. The maximum atomic E-state index is 13.0. The molecule has 9 nitrogen and oxygen atoms in total. The molecule has 9 heteroatoms. The lowest BCUT2D eigenvalue weighted by atomic mass is 10.0. The molecule has 1 N–H and O–H groups in total. The van der Waals surface area contributed by atoms with Gasteiger partial charge in [-0.3, -0.25) is 4.79 Å². The van der Waals surface area contributed by atoms with Crippen LogP contribution in [-0.2, 0) is 24.1 Å². The van der Waals surface area contributed by atoms with E-state index in [-0.39, 0.29) is 18.6 Å². The van der Waals surface area contributed by atoms with Crippen molar-refractivity contribution in [1.29, 1.82) is 0 Å². The lowest BCUT2D eigenvalue weighted by Gasteiger charge is -2.09. The van der Waals surface area contributed by atoms with E-state index in [1.807, 2.05) is 6.92 Å². The van der Waals surface area contributed by atoms with Gasteiger partial charge in [-0.05, 0) is 44.6 Å². The van der Waals surface area contributed by atoms with Crippen molar-refractivity contribution < 1.29 is 18.6 Å². The molecule has 1 aliphatic heterocycles. The summed E-state index contributed by atoms with van der Waals surface area (Å²) < 4.78 is 16.1. The molecule has 3 aromatic heterocycles. The lowest BCUT2D eigenvalue weighted by molar-refractivity contribution is 0.0835. The zero-order valence-electron chi connectivity index (χ0n) is 14.9. The number of hydrogen-bond donors (Lipinski definition) is 1. The summed E-state index contributed by atoms with van der Waals surface area (Å²) in [7, 11) is 0. The van der Waals surface area contributed by atoms with Crippen LogP contribution < -0.4 is 5.32 Å². The summed E-state index contributed by atoms with van der Waals surface area (Å²) in [5.41, 5.74) is 3.59. The number of ether oxygens (including phenoxy) is 1. The number of nitrogens with one attached hydrogen (secondary N) is 1. The molecule has 0 saturated carbocycles. The molecule has 0 bridgehead atoms. The largest absolute Gasteiger partial charge is 0.368 e. The highest BCUT2D eigenvalue weighted by molar-refractivity contribution is 6.07. The Hall–Kier alpha value is -2.81. The summed E-state index contributed by atoms with van der Waals surface area (Å²) in [6, 6.07) is 0. The Bertz CT molecular complexity index is 1020. The Kier molecular flexibility index (Phi) is 3.89. The molecule has 1 aliphatic carbocycles. The number of rotatable bonds is 4. The topological polar surface area (TPSA) is 116 Å². The van der Waals surface area contributed by atoms with E-state index in [0.29, 0.717) is 40.7 Å². The van der Waals surface area contributed by atoms with Crippen LogP contribution in [0, 0.1) is 6.92 Å². The van der Waals surface area contributed by atoms with Crippen LogP contribution in [0.15, 0.2) is 9.05 Å². The predicted molar refractivity (Wildman–Crippen MR) is 92.0 cm³/mol. The summed E-state index contributed by atoms with van der Waals surface area (Å²) in [4.78, 5) is 21.8. The molecule has 1 atom stereocenters. The Labute approximate surface area is 154 Å². The quantitative estimate of drug-likeness (QED) is 0.744. The van der Waals surface area contributed by atoms with Gasteiger partial charge in [-0.25, -0.2) is 4.98 Å². The number of hydrogen-bond acceptors (Lipinski definition) is 8. The minimum atomic E-state index is -0.199. The van der Waals surface area contributed by atoms with Crippen molar-refractivity contribution in [1.82, 2.24) is 25.6 Å². The minimum Gasteiger partial charge on any atom is -0.368 e. The van der Waals surface area contributed by atoms with Crippen LogP contribution in [-0.4, -0.2) is 32.8 Å². The van der Waals surface area contributed by atoms with Crippen molar-refractivity contribution in [3.8, 4) is 0 Å². The molecular formula is C18H19N5O4. The zero-order valence-corrected chi connectivity index (χ0v) is 14.9. The number of aryl methyl sites for hydroxylation is 2. The van der Waals surface area contributed by atoms with E-state index in [0.717, 1.165) is 43.4 Å². The van der Waals surface area contributed by atoms with Gasteiger partial charge in [0, 0.05) is 12.3 Å². The Morgan fingerprint density at radius 2 is 2.11 bits per heavy atom. The lowest BCUT2D eigenvalue weighted by Crippen LogP contribution is -2.25. The highest BCUT2D eigenvalue weighted by Crippen LogP contribution is 2.31. The van der Waals surface area contributed by atoms with Gasteiger partial charge >= 0.3 is 0 Å². The Balaban J connectivity index is 1.39. The number of pyridine rings is 1. The van der Waals surface area contributed by atoms with Crippen molar-refractivity contribution in [2.75, 3.05) is 6.61 Å². The van der Waals surface area contributed by atoms with E-state index in [4.69, 9.17) is 13.8 Å². The van der Waals surface area contributed by atoms with Gasteiger partial charge in [0.25, 0.3) is 17.5 Å². The molecule has 2 aliphatic rings. The van der Waals surface area contributed by atoms with E-state index in [9.17, 15) is 4.79 Å². The highest BCUT2D eigenvalue weighted by atomic mass is 16.5. The first-order valence-corrected chi connectivity index (χ1v) is 9.20.